The van der Waals surface area contributed by atoms with Gasteiger partial charge in [-0.15, -0.1) is 0 Å². The van der Waals surface area contributed by atoms with Crippen LogP contribution in [0, 0.1) is 5.82 Å². The van der Waals surface area contributed by atoms with Gasteiger partial charge in [0.05, 0.1) is 12.1 Å². The van der Waals surface area contributed by atoms with Crippen LogP contribution in [0.5, 0.6) is 5.75 Å². The zero-order valence-electron chi connectivity index (χ0n) is 15.1. The van der Waals surface area contributed by atoms with Gasteiger partial charge in [-0.2, -0.15) is 4.98 Å². The first kappa shape index (κ1) is 18.4. The number of methoxy groups -OCH3 is 1. The lowest BCUT2D eigenvalue weighted by Crippen LogP contribution is -2.30. The van der Waals surface area contributed by atoms with Gasteiger partial charge < -0.3 is 14.2 Å². The number of likely N-dealkylation sites (tertiary alicyclic amines) is 1. The normalized spacial score (nSPS) is 16.4. The lowest BCUT2D eigenvalue weighted by molar-refractivity contribution is 0.0709. The molecule has 4 rings (SSSR count). The van der Waals surface area contributed by atoms with Crippen molar-refractivity contribution in [2.75, 3.05) is 13.7 Å². The van der Waals surface area contributed by atoms with E-state index in [2.05, 4.69) is 10.1 Å². The molecule has 1 atom stereocenters. The summed E-state index contributed by atoms with van der Waals surface area (Å²) in [4.78, 5) is 19.0. The van der Waals surface area contributed by atoms with E-state index in [1.54, 1.807) is 23.1 Å². The van der Waals surface area contributed by atoms with Crippen LogP contribution in [-0.4, -0.2) is 34.6 Å². The van der Waals surface area contributed by atoms with E-state index in [-0.39, 0.29) is 23.3 Å². The third-order valence-corrected chi connectivity index (χ3v) is 5.08. The molecular formula is C20H17ClFN3O3. The molecule has 0 bridgehead atoms. The van der Waals surface area contributed by atoms with E-state index in [0.29, 0.717) is 35.3 Å². The van der Waals surface area contributed by atoms with Crippen molar-refractivity contribution in [2.45, 2.75) is 18.9 Å². The first-order valence-corrected chi connectivity index (χ1v) is 9.19. The molecule has 3 aromatic rings. The highest BCUT2D eigenvalue weighted by molar-refractivity contribution is 6.33. The molecule has 1 fully saturated rings. The van der Waals surface area contributed by atoms with Gasteiger partial charge in [-0.25, -0.2) is 4.39 Å². The SMILES string of the molecule is COc1ccc(C(=O)N2CCC[C@@H]2c2nc(-c3ccccc3Cl)no2)cc1F. The molecule has 2 heterocycles. The molecule has 144 valence electrons. The molecule has 1 aliphatic rings. The van der Waals surface area contributed by atoms with Crippen LogP contribution in [0.4, 0.5) is 4.39 Å². The Labute approximate surface area is 165 Å². The van der Waals surface area contributed by atoms with Gasteiger partial charge in [-0.3, -0.25) is 4.79 Å². The van der Waals surface area contributed by atoms with E-state index in [0.717, 1.165) is 6.42 Å². The molecule has 1 saturated heterocycles. The van der Waals surface area contributed by atoms with Crippen LogP contribution >= 0.6 is 11.6 Å². The first-order chi connectivity index (χ1) is 13.6. The molecule has 1 aliphatic heterocycles. The van der Waals surface area contributed by atoms with E-state index >= 15 is 0 Å². The first-order valence-electron chi connectivity index (χ1n) is 8.81. The predicted octanol–water partition coefficient (Wildman–Crippen LogP) is 4.52. The Balaban J connectivity index is 1.60. The van der Waals surface area contributed by atoms with Crippen LogP contribution < -0.4 is 4.74 Å². The molecule has 2 aromatic carbocycles. The summed E-state index contributed by atoms with van der Waals surface area (Å²) in [6, 6.07) is 11.0. The van der Waals surface area contributed by atoms with Crippen molar-refractivity contribution >= 4 is 17.5 Å². The van der Waals surface area contributed by atoms with Gasteiger partial charge in [0.25, 0.3) is 5.91 Å². The molecule has 28 heavy (non-hydrogen) atoms. The van der Waals surface area contributed by atoms with Crippen molar-refractivity contribution in [3.05, 3.63) is 64.8 Å². The number of rotatable bonds is 4. The number of aromatic nitrogens is 2. The lowest BCUT2D eigenvalue weighted by atomic mass is 10.1. The molecule has 8 heteroatoms. The number of amides is 1. The second-order valence-electron chi connectivity index (χ2n) is 6.44. The summed E-state index contributed by atoms with van der Waals surface area (Å²) in [6.45, 7) is 0.529. The number of nitrogens with zero attached hydrogens (tertiary/aromatic N) is 3. The van der Waals surface area contributed by atoms with E-state index in [4.69, 9.17) is 20.9 Å². The summed E-state index contributed by atoms with van der Waals surface area (Å²) in [5.74, 6) is -0.0645. The summed E-state index contributed by atoms with van der Waals surface area (Å²) in [6.07, 6.45) is 1.48. The summed E-state index contributed by atoms with van der Waals surface area (Å²) in [5.41, 5.74) is 0.906. The quantitative estimate of drug-likeness (QED) is 0.643. The molecular weight excluding hydrogens is 385 g/mol. The Hall–Kier alpha value is -2.93. The number of carbonyl (C=O) groups excluding carboxylic acids is 1. The largest absolute Gasteiger partial charge is 0.494 e. The number of hydrogen-bond donors (Lipinski definition) is 0. The van der Waals surface area contributed by atoms with Crippen LogP contribution in [0.15, 0.2) is 47.0 Å². The summed E-state index contributed by atoms with van der Waals surface area (Å²) >= 11 is 6.19. The fourth-order valence-electron chi connectivity index (χ4n) is 3.35. The molecule has 0 saturated carbocycles. The Kier molecular flexibility index (Phi) is 5.00. The average molecular weight is 402 g/mol. The lowest BCUT2D eigenvalue weighted by Gasteiger charge is -2.22. The van der Waals surface area contributed by atoms with Gasteiger partial charge in [0.15, 0.2) is 11.6 Å². The number of benzene rings is 2. The number of carbonyl (C=O) groups is 1. The fourth-order valence-corrected chi connectivity index (χ4v) is 3.57. The Morgan fingerprint density at radius 3 is 2.89 bits per heavy atom. The van der Waals surface area contributed by atoms with Crippen LogP contribution in [0.3, 0.4) is 0 Å². The Morgan fingerprint density at radius 1 is 1.32 bits per heavy atom. The zero-order chi connectivity index (χ0) is 19.7. The second-order valence-corrected chi connectivity index (χ2v) is 6.85. The van der Waals surface area contributed by atoms with E-state index < -0.39 is 5.82 Å². The van der Waals surface area contributed by atoms with Crippen LogP contribution in [0.2, 0.25) is 5.02 Å². The molecule has 1 aromatic heterocycles. The molecule has 1 amide bonds. The third kappa shape index (κ3) is 3.33. The molecule has 6 nitrogen and oxygen atoms in total. The summed E-state index contributed by atoms with van der Waals surface area (Å²) in [5, 5.41) is 4.53. The van der Waals surface area contributed by atoms with Crippen molar-refractivity contribution in [1.29, 1.82) is 0 Å². The standard InChI is InChI=1S/C20H17ClFN3O3/c1-27-17-9-8-12(11-15(17)22)20(26)25-10-4-7-16(25)19-23-18(24-28-19)13-5-2-3-6-14(13)21/h2-3,5-6,8-9,11,16H,4,7,10H2,1H3/t16-/m1/s1. The van der Waals surface area contributed by atoms with Gasteiger partial charge in [0, 0.05) is 17.7 Å². The van der Waals surface area contributed by atoms with Gasteiger partial charge >= 0.3 is 0 Å². The molecule has 0 aliphatic carbocycles. The Morgan fingerprint density at radius 2 is 2.14 bits per heavy atom. The minimum atomic E-state index is -0.581. The van der Waals surface area contributed by atoms with Gasteiger partial charge in [-0.05, 0) is 43.2 Å². The van der Waals surface area contributed by atoms with E-state index in [9.17, 15) is 9.18 Å². The highest BCUT2D eigenvalue weighted by atomic mass is 35.5. The van der Waals surface area contributed by atoms with Gasteiger partial charge in [0.2, 0.25) is 11.7 Å². The van der Waals surface area contributed by atoms with Crippen molar-refractivity contribution in [2.24, 2.45) is 0 Å². The zero-order valence-corrected chi connectivity index (χ0v) is 15.8. The third-order valence-electron chi connectivity index (χ3n) is 4.75. The smallest absolute Gasteiger partial charge is 0.254 e. The number of hydrogen-bond acceptors (Lipinski definition) is 5. The Bertz CT molecular complexity index is 1020. The highest BCUT2D eigenvalue weighted by Crippen LogP contribution is 2.34. The maximum atomic E-state index is 14.0. The number of halogens is 2. The maximum Gasteiger partial charge on any atom is 0.254 e. The minimum absolute atomic E-state index is 0.0933. The van der Waals surface area contributed by atoms with Crippen molar-refractivity contribution < 1.29 is 18.4 Å². The van der Waals surface area contributed by atoms with Crippen molar-refractivity contribution in [3.63, 3.8) is 0 Å². The molecule has 0 unspecified atom stereocenters. The van der Waals surface area contributed by atoms with Crippen LogP contribution in [-0.2, 0) is 0 Å². The number of ether oxygens (including phenoxy) is 1. The van der Waals surface area contributed by atoms with Crippen LogP contribution in [0.1, 0.15) is 35.1 Å². The predicted molar refractivity (Wildman–Crippen MR) is 101 cm³/mol. The monoisotopic (exact) mass is 401 g/mol. The minimum Gasteiger partial charge on any atom is -0.494 e. The molecule has 0 N–H and O–H groups in total. The van der Waals surface area contributed by atoms with Gasteiger partial charge in [-0.1, -0.05) is 28.9 Å². The van der Waals surface area contributed by atoms with E-state index in [1.165, 1.54) is 19.2 Å². The fraction of sp³-hybridized carbons (Fsp3) is 0.250. The van der Waals surface area contributed by atoms with E-state index in [1.807, 2.05) is 12.1 Å². The molecule has 0 spiro atoms. The van der Waals surface area contributed by atoms with Gasteiger partial charge in [0.1, 0.15) is 6.04 Å². The summed E-state index contributed by atoms with van der Waals surface area (Å²) in [7, 11) is 1.38. The average Bonchev–Trinajstić information content (AvgIpc) is 3.37. The second kappa shape index (κ2) is 7.59. The van der Waals surface area contributed by atoms with Crippen LogP contribution in [0.25, 0.3) is 11.4 Å². The molecule has 0 radical (unpaired) electrons. The van der Waals surface area contributed by atoms with Crippen molar-refractivity contribution in [3.8, 4) is 17.1 Å². The topological polar surface area (TPSA) is 68.5 Å². The summed E-state index contributed by atoms with van der Waals surface area (Å²) < 4.78 is 24.3. The highest BCUT2D eigenvalue weighted by Gasteiger charge is 2.35. The van der Waals surface area contributed by atoms with Crippen molar-refractivity contribution in [1.82, 2.24) is 15.0 Å². The maximum absolute atomic E-state index is 14.0.